The van der Waals surface area contributed by atoms with Crippen LogP contribution in [0.4, 0.5) is 4.79 Å². The molecule has 5 nitrogen and oxygen atoms in total. The van der Waals surface area contributed by atoms with E-state index in [1.165, 1.54) is 11.1 Å². The van der Waals surface area contributed by atoms with E-state index in [1.807, 2.05) is 29.2 Å². The molecular weight excluding hydrogens is 326 g/mol. The monoisotopic (exact) mass is 351 g/mol. The second-order valence-electron chi connectivity index (χ2n) is 7.30. The highest BCUT2D eigenvalue weighted by Gasteiger charge is 2.45. The summed E-state index contributed by atoms with van der Waals surface area (Å²) in [7, 11) is 1.69. The number of rotatable bonds is 5. The Hall–Kier alpha value is -2.56. The lowest BCUT2D eigenvalue weighted by Crippen LogP contribution is -2.42. The predicted molar refractivity (Wildman–Crippen MR) is 100 cm³/mol. The van der Waals surface area contributed by atoms with Crippen molar-refractivity contribution in [2.24, 2.45) is 0 Å². The van der Waals surface area contributed by atoms with Gasteiger partial charge in [-0.1, -0.05) is 12.1 Å². The van der Waals surface area contributed by atoms with Gasteiger partial charge in [-0.15, -0.1) is 0 Å². The summed E-state index contributed by atoms with van der Waals surface area (Å²) in [5, 5.41) is 3.19. The van der Waals surface area contributed by atoms with Gasteiger partial charge >= 0.3 is 6.03 Å². The number of aromatic nitrogens is 1. The highest BCUT2D eigenvalue weighted by Crippen LogP contribution is 2.48. The number of ether oxygens (including phenoxy) is 1. The largest absolute Gasteiger partial charge is 0.497 e. The van der Waals surface area contributed by atoms with Gasteiger partial charge in [0.2, 0.25) is 0 Å². The lowest BCUT2D eigenvalue weighted by molar-refractivity contribution is 0.192. The molecule has 2 aliphatic rings. The van der Waals surface area contributed by atoms with Crippen molar-refractivity contribution in [2.75, 3.05) is 20.2 Å². The molecule has 2 amide bonds. The summed E-state index contributed by atoms with van der Waals surface area (Å²) in [6, 6.07) is 12.4. The van der Waals surface area contributed by atoms with Gasteiger partial charge in [-0.05, 0) is 61.1 Å². The van der Waals surface area contributed by atoms with E-state index >= 15 is 0 Å². The van der Waals surface area contributed by atoms with Crippen LogP contribution in [0, 0.1) is 0 Å². The Balaban J connectivity index is 1.42. The second-order valence-corrected chi connectivity index (χ2v) is 7.30. The maximum absolute atomic E-state index is 12.8. The van der Waals surface area contributed by atoms with Crippen molar-refractivity contribution < 1.29 is 9.53 Å². The minimum Gasteiger partial charge on any atom is -0.497 e. The van der Waals surface area contributed by atoms with Gasteiger partial charge < -0.3 is 15.0 Å². The van der Waals surface area contributed by atoms with Gasteiger partial charge in [0.15, 0.2) is 0 Å². The SMILES string of the molecule is COc1cccc(C2(CNC(=O)N3CCCC3c3ccncc3)CC2)c1. The fraction of sp³-hybridized carbons (Fsp3) is 0.429. The molecule has 1 atom stereocenters. The number of benzene rings is 1. The highest BCUT2D eigenvalue weighted by molar-refractivity contribution is 5.75. The molecule has 4 rings (SSSR count). The Labute approximate surface area is 154 Å². The number of pyridine rings is 1. The van der Waals surface area contributed by atoms with Crippen LogP contribution < -0.4 is 10.1 Å². The molecule has 1 aliphatic carbocycles. The van der Waals surface area contributed by atoms with Gasteiger partial charge in [0.05, 0.1) is 13.2 Å². The fourth-order valence-electron chi connectivity index (χ4n) is 3.96. The zero-order valence-electron chi connectivity index (χ0n) is 15.1. The number of carbonyl (C=O) groups excluding carboxylic acids is 1. The average Bonchev–Trinajstić information content (AvgIpc) is 3.34. The van der Waals surface area contributed by atoms with Crippen LogP contribution in [0.15, 0.2) is 48.8 Å². The Morgan fingerprint density at radius 3 is 2.85 bits per heavy atom. The average molecular weight is 351 g/mol. The molecule has 1 saturated heterocycles. The molecule has 2 aromatic rings. The number of amides is 2. The summed E-state index contributed by atoms with van der Waals surface area (Å²) in [5.74, 6) is 0.873. The summed E-state index contributed by atoms with van der Waals surface area (Å²) in [6.07, 6.45) is 7.86. The van der Waals surface area contributed by atoms with Gasteiger partial charge in [0.25, 0.3) is 0 Å². The Morgan fingerprint density at radius 2 is 2.12 bits per heavy atom. The lowest BCUT2D eigenvalue weighted by Gasteiger charge is -2.27. The molecule has 0 radical (unpaired) electrons. The van der Waals surface area contributed by atoms with Crippen molar-refractivity contribution in [1.82, 2.24) is 15.2 Å². The van der Waals surface area contributed by atoms with Crippen LogP contribution in [0.5, 0.6) is 5.75 Å². The zero-order valence-corrected chi connectivity index (χ0v) is 15.1. The maximum atomic E-state index is 12.8. The van der Waals surface area contributed by atoms with E-state index in [0.717, 1.165) is 38.0 Å². The van der Waals surface area contributed by atoms with Crippen molar-refractivity contribution in [2.45, 2.75) is 37.1 Å². The predicted octanol–water partition coefficient (Wildman–Crippen LogP) is 3.67. The van der Waals surface area contributed by atoms with E-state index in [4.69, 9.17) is 4.74 Å². The maximum Gasteiger partial charge on any atom is 0.317 e. The molecule has 26 heavy (non-hydrogen) atoms. The Kier molecular flexibility index (Phi) is 4.53. The summed E-state index contributed by atoms with van der Waals surface area (Å²) in [6.45, 7) is 1.49. The molecule has 0 spiro atoms. The number of methoxy groups -OCH3 is 1. The number of carbonyl (C=O) groups is 1. The first-order chi connectivity index (χ1) is 12.7. The number of hydrogen-bond donors (Lipinski definition) is 1. The zero-order chi connectivity index (χ0) is 18.0. The standard InChI is InChI=1S/C21H25N3O2/c1-26-18-5-2-4-17(14-18)21(9-10-21)15-23-20(25)24-13-3-6-19(24)16-7-11-22-12-8-16/h2,4-5,7-8,11-12,14,19H,3,6,9-10,13,15H2,1H3,(H,23,25). The van der Waals surface area contributed by atoms with Crippen LogP contribution in [-0.2, 0) is 5.41 Å². The third kappa shape index (κ3) is 3.26. The quantitative estimate of drug-likeness (QED) is 0.894. The van der Waals surface area contributed by atoms with Crippen LogP contribution in [0.2, 0.25) is 0 Å². The normalized spacial score (nSPS) is 20.7. The van der Waals surface area contributed by atoms with Gasteiger partial charge in [-0.2, -0.15) is 0 Å². The van der Waals surface area contributed by atoms with Crippen LogP contribution in [0.25, 0.3) is 0 Å². The molecule has 1 N–H and O–H groups in total. The lowest BCUT2D eigenvalue weighted by atomic mass is 9.96. The number of likely N-dealkylation sites (tertiary alicyclic amines) is 1. The number of urea groups is 1. The highest BCUT2D eigenvalue weighted by atomic mass is 16.5. The van der Waals surface area contributed by atoms with Crippen molar-refractivity contribution in [3.05, 3.63) is 59.9 Å². The first kappa shape index (κ1) is 16.9. The second kappa shape index (κ2) is 6.98. The summed E-state index contributed by atoms with van der Waals surface area (Å²) in [5.41, 5.74) is 2.49. The molecule has 2 fully saturated rings. The molecule has 1 saturated carbocycles. The van der Waals surface area contributed by atoms with E-state index in [9.17, 15) is 4.79 Å². The molecule has 1 aliphatic heterocycles. The number of nitrogens with zero attached hydrogens (tertiary/aromatic N) is 2. The fourth-order valence-corrected chi connectivity index (χ4v) is 3.96. The molecule has 0 bridgehead atoms. The summed E-state index contributed by atoms with van der Waals surface area (Å²) in [4.78, 5) is 18.9. The minimum atomic E-state index is 0.0403. The van der Waals surface area contributed by atoms with Crippen molar-refractivity contribution in [1.29, 1.82) is 0 Å². The third-order valence-corrected chi connectivity index (χ3v) is 5.72. The van der Waals surface area contributed by atoms with Crippen molar-refractivity contribution >= 4 is 6.03 Å². The van der Waals surface area contributed by atoms with E-state index in [2.05, 4.69) is 22.4 Å². The van der Waals surface area contributed by atoms with Crippen molar-refractivity contribution in [3.8, 4) is 5.75 Å². The Bertz CT molecular complexity index is 774. The van der Waals surface area contributed by atoms with E-state index in [0.29, 0.717) is 6.54 Å². The molecule has 1 unspecified atom stereocenters. The van der Waals surface area contributed by atoms with Crippen LogP contribution in [0.3, 0.4) is 0 Å². The van der Waals surface area contributed by atoms with E-state index < -0.39 is 0 Å². The van der Waals surface area contributed by atoms with Gasteiger partial charge in [-0.25, -0.2) is 4.79 Å². The molecule has 5 heteroatoms. The first-order valence-corrected chi connectivity index (χ1v) is 9.31. The number of nitrogens with one attached hydrogen (secondary N) is 1. The molecule has 1 aromatic carbocycles. The summed E-state index contributed by atoms with van der Waals surface area (Å²) >= 11 is 0. The first-order valence-electron chi connectivity index (χ1n) is 9.31. The Morgan fingerprint density at radius 1 is 1.31 bits per heavy atom. The van der Waals surface area contributed by atoms with Crippen molar-refractivity contribution in [3.63, 3.8) is 0 Å². The van der Waals surface area contributed by atoms with Gasteiger partial charge in [-0.3, -0.25) is 4.98 Å². The minimum absolute atomic E-state index is 0.0403. The summed E-state index contributed by atoms with van der Waals surface area (Å²) < 4.78 is 5.35. The van der Waals surface area contributed by atoms with Crippen LogP contribution in [0.1, 0.15) is 42.9 Å². The topological polar surface area (TPSA) is 54.5 Å². The number of hydrogen-bond acceptors (Lipinski definition) is 3. The molecule has 136 valence electrons. The molecule has 2 heterocycles. The third-order valence-electron chi connectivity index (χ3n) is 5.72. The van der Waals surface area contributed by atoms with Crippen LogP contribution in [-0.4, -0.2) is 36.1 Å². The smallest absolute Gasteiger partial charge is 0.317 e. The van der Waals surface area contributed by atoms with Crippen LogP contribution >= 0.6 is 0 Å². The molecule has 1 aromatic heterocycles. The van der Waals surface area contributed by atoms with Gasteiger partial charge in [0.1, 0.15) is 5.75 Å². The van der Waals surface area contributed by atoms with Gasteiger partial charge in [0, 0.05) is 30.9 Å². The van der Waals surface area contributed by atoms with E-state index in [-0.39, 0.29) is 17.5 Å². The molecular formula is C21H25N3O2. The van der Waals surface area contributed by atoms with E-state index in [1.54, 1.807) is 19.5 Å².